The summed E-state index contributed by atoms with van der Waals surface area (Å²) in [5.41, 5.74) is 0.472. The Morgan fingerprint density at radius 3 is 2.00 bits per heavy atom. The SMILES string of the molecule is O=C1c2ccccc2C(=O)N1CCCC(=O)C(F)(F)F. The second-order valence-corrected chi connectivity index (χ2v) is 4.33. The average Bonchev–Trinajstić information content (AvgIpc) is 2.63. The largest absolute Gasteiger partial charge is 0.449 e. The summed E-state index contributed by atoms with van der Waals surface area (Å²) in [6.45, 7) is -0.200. The van der Waals surface area contributed by atoms with Crippen molar-refractivity contribution < 1.29 is 27.6 Å². The van der Waals surface area contributed by atoms with Crippen LogP contribution in [0.4, 0.5) is 13.2 Å². The number of benzene rings is 1. The lowest BCUT2D eigenvalue weighted by atomic mass is 10.1. The number of alkyl halides is 3. The summed E-state index contributed by atoms with van der Waals surface area (Å²) in [5.74, 6) is -2.93. The topological polar surface area (TPSA) is 54.5 Å². The minimum atomic E-state index is -4.87. The zero-order valence-corrected chi connectivity index (χ0v) is 10.2. The van der Waals surface area contributed by atoms with Gasteiger partial charge in [-0.05, 0) is 18.6 Å². The molecule has 1 heterocycles. The molecule has 0 fully saturated rings. The van der Waals surface area contributed by atoms with E-state index in [0.29, 0.717) is 0 Å². The molecule has 0 spiro atoms. The number of carbonyl (C=O) groups excluding carboxylic acids is 3. The van der Waals surface area contributed by atoms with Gasteiger partial charge in [-0.25, -0.2) is 0 Å². The Kier molecular flexibility index (Phi) is 3.61. The molecule has 20 heavy (non-hydrogen) atoms. The average molecular weight is 285 g/mol. The normalized spacial score (nSPS) is 14.7. The van der Waals surface area contributed by atoms with E-state index in [-0.39, 0.29) is 24.1 Å². The summed E-state index contributed by atoms with van der Waals surface area (Å²) in [6.07, 6.45) is -5.82. The zero-order chi connectivity index (χ0) is 14.9. The van der Waals surface area contributed by atoms with Gasteiger partial charge in [-0.1, -0.05) is 12.1 Å². The van der Waals surface area contributed by atoms with E-state index < -0.39 is 30.2 Å². The van der Waals surface area contributed by atoms with E-state index in [4.69, 9.17) is 0 Å². The molecule has 0 unspecified atom stereocenters. The zero-order valence-electron chi connectivity index (χ0n) is 10.2. The molecule has 0 aromatic heterocycles. The van der Waals surface area contributed by atoms with Crippen molar-refractivity contribution in [2.45, 2.75) is 19.0 Å². The van der Waals surface area contributed by atoms with Crippen molar-refractivity contribution in [2.24, 2.45) is 0 Å². The lowest BCUT2D eigenvalue weighted by molar-refractivity contribution is -0.171. The predicted octanol–water partition coefficient (Wildman–Crippen LogP) is 2.19. The van der Waals surface area contributed by atoms with E-state index >= 15 is 0 Å². The molecule has 1 aromatic carbocycles. The maximum atomic E-state index is 12.0. The van der Waals surface area contributed by atoms with Crippen LogP contribution in [0, 0.1) is 0 Å². The first-order chi connectivity index (χ1) is 9.32. The van der Waals surface area contributed by atoms with Crippen LogP contribution in [0.5, 0.6) is 0 Å². The van der Waals surface area contributed by atoms with E-state index in [1.54, 1.807) is 12.1 Å². The van der Waals surface area contributed by atoms with Gasteiger partial charge in [0.15, 0.2) is 0 Å². The highest BCUT2D eigenvalue weighted by Gasteiger charge is 2.38. The number of amides is 2. The van der Waals surface area contributed by atoms with Crippen LogP contribution in [0.25, 0.3) is 0 Å². The fourth-order valence-electron chi connectivity index (χ4n) is 1.98. The van der Waals surface area contributed by atoms with Gasteiger partial charge in [0.1, 0.15) is 0 Å². The summed E-state index contributed by atoms with van der Waals surface area (Å²) in [6, 6.07) is 6.16. The summed E-state index contributed by atoms with van der Waals surface area (Å²) >= 11 is 0. The Labute approximate surface area is 112 Å². The maximum Gasteiger partial charge on any atom is 0.449 e. The third-order valence-electron chi connectivity index (χ3n) is 2.98. The summed E-state index contributed by atoms with van der Waals surface area (Å²) in [5, 5.41) is 0. The van der Waals surface area contributed by atoms with Gasteiger partial charge in [-0.15, -0.1) is 0 Å². The van der Waals surface area contributed by atoms with Gasteiger partial charge in [-0.3, -0.25) is 19.3 Å². The Balaban J connectivity index is 1.98. The van der Waals surface area contributed by atoms with Crippen molar-refractivity contribution in [3.8, 4) is 0 Å². The molecule has 0 aliphatic carbocycles. The van der Waals surface area contributed by atoms with Crippen LogP contribution in [-0.4, -0.2) is 35.2 Å². The summed E-state index contributed by atoms with van der Waals surface area (Å²) in [7, 11) is 0. The van der Waals surface area contributed by atoms with Crippen molar-refractivity contribution in [3.05, 3.63) is 35.4 Å². The Morgan fingerprint density at radius 2 is 1.55 bits per heavy atom. The van der Waals surface area contributed by atoms with Crippen LogP contribution in [0.3, 0.4) is 0 Å². The molecule has 0 N–H and O–H groups in total. The molecule has 2 amide bonds. The fourth-order valence-corrected chi connectivity index (χ4v) is 1.98. The van der Waals surface area contributed by atoms with Crippen LogP contribution in [0.2, 0.25) is 0 Å². The second kappa shape index (κ2) is 5.07. The van der Waals surface area contributed by atoms with Gasteiger partial charge in [-0.2, -0.15) is 13.2 Å². The van der Waals surface area contributed by atoms with Crippen molar-refractivity contribution in [3.63, 3.8) is 0 Å². The lowest BCUT2D eigenvalue weighted by Crippen LogP contribution is -2.32. The number of fused-ring (bicyclic) bond motifs is 1. The predicted molar refractivity (Wildman–Crippen MR) is 62.1 cm³/mol. The Bertz CT molecular complexity index is 545. The molecule has 0 saturated carbocycles. The van der Waals surface area contributed by atoms with Gasteiger partial charge in [0.25, 0.3) is 11.8 Å². The molecule has 1 aliphatic rings. The van der Waals surface area contributed by atoms with Gasteiger partial charge in [0.2, 0.25) is 5.78 Å². The molecule has 106 valence electrons. The second-order valence-electron chi connectivity index (χ2n) is 4.33. The first kappa shape index (κ1) is 14.2. The highest BCUT2D eigenvalue weighted by atomic mass is 19.4. The molecule has 7 heteroatoms. The molecule has 0 bridgehead atoms. The highest BCUT2D eigenvalue weighted by molar-refractivity contribution is 6.21. The minimum Gasteiger partial charge on any atom is -0.290 e. The summed E-state index contributed by atoms with van der Waals surface area (Å²) < 4.78 is 36.1. The first-order valence-electron chi connectivity index (χ1n) is 5.87. The number of rotatable bonds is 4. The Morgan fingerprint density at radius 1 is 1.05 bits per heavy atom. The van der Waals surface area contributed by atoms with Crippen LogP contribution in [0.1, 0.15) is 33.6 Å². The van der Waals surface area contributed by atoms with Crippen molar-refractivity contribution in [1.29, 1.82) is 0 Å². The van der Waals surface area contributed by atoms with Crippen molar-refractivity contribution >= 4 is 17.6 Å². The quantitative estimate of drug-likeness (QED) is 0.797. The molecule has 0 saturated heterocycles. The third kappa shape index (κ3) is 2.56. The smallest absolute Gasteiger partial charge is 0.290 e. The molecule has 0 radical (unpaired) electrons. The van der Waals surface area contributed by atoms with Crippen LogP contribution >= 0.6 is 0 Å². The lowest BCUT2D eigenvalue weighted by Gasteiger charge is -2.13. The number of hydrogen-bond donors (Lipinski definition) is 0. The molecule has 1 aliphatic heterocycles. The van der Waals surface area contributed by atoms with Crippen molar-refractivity contribution in [1.82, 2.24) is 4.90 Å². The molecule has 1 aromatic rings. The molecule has 2 rings (SSSR count). The number of nitrogens with zero attached hydrogens (tertiary/aromatic N) is 1. The molecular weight excluding hydrogens is 275 g/mol. The highest BCUT2D eigenvalue weighted by Crippen LogP contribution is 2.23. The van der Waals surface area contributed by atoms with Crippen molar-refractivity contribution in [2.75, 3.05) is 6.54 Å². The number of halogens is 3. The van der Waals surface area contributed by atoms with Gasteiger partial charge >= 0.3 is 6.18 Å². The Hall–Kier alpha value is -2.18. The molecular formula is C13H10F3NO3. The van der Waals surface area contributed by atoms with E-state index in [1.807, 2.05) is 0 Å². The van der Waals surface area contributed by atoms with Gasteiger partial charge in [0.05, 0.1) is 11.1 Å². The van der Waals surface area contributed by atoms with E-state index in [1.165, 1.54) is 12.1 Å². The maximum absolute atomic E-state index is 12.0. The minimum absolute atomic E-state index is 0.200. The number of hydrogen-bond acceptors (Lipinski definition) is 3. The number of carbonyl (C=O) groups is 3. The van der Waals surface area contributed by atoms with E-state index in [0.717, 1.165) is 4.90 Å². The number of imide groups is 1. The van der Waals surface area contributed by atoms with E-state index in [9.17, 15) is 27.6 Å². The third-order valence-corrected chi connectivity index (χ3v) is 2.98. The summed E-state index contributed by atoms with van der Waals surface area (Å²) in [4.78, 5) is 35.3. The standard InChI is InChI=1S/C13H10F3NO3/c14-13(15,16)10(18)6-3-7-17-11(19)8-4-1-2-5-9(8)12(17)20/h1-2,4-5H,3,6-7H2. The van der Waals surface area contributed by atoms with Gasteiger partial charge in [0, 0.05) is 13.0 Å². The molecule has 0 atom stereocenters. The van der Waals surface area contributed by atoms with Crippen LogP contribution in [-0.2, 0) is 4.79 Å². The van der Waals surface area contributed by atoms with Crippen LogP contribution in [0.15, 0.2) is 24.3 Å². The monoisotopic (exact) mass is 285 g/mol. The number of ketones is 1. The van der Waals surface area contributed by atoms with E-state index in [2.05, 4.69) is 0 Å². The van der Waals surface area contributed by atoms with Gasteiger partial charge < -0.3 is 0 Å². The number of Topliss-reactive ketones (excluding diaryl/α,β-unsaturated/α-hetero) is 1. The van der Waals surface area contributed by atoms with Crippen LogP contribution < -0.4 is 0 Å². The fraction of sp³-hybridized carbons (Fsp3) is 0.308. The first-order valence-corrected chi connectivity index (χ1v) is 5.87. The molecule has 4 nitrogen and oxygen atoms in total.